The summed E-state index contributed by atoms with van der Waals surface area (Å²) in [6.07, 6.45) is 6.02. The van der Waals surface area contributed by atoms with Crippen molar-refractivity contribution < 1.29 is 23.9 Å². The fraction of sp³-hybridized carbons (Fsp3) is 0.800. The van der Waals surface area contributed by atoms with Crippen molar-refractivity contribution in [2.24, 2.45) is 5.92 Å². The second-order valence-corrected chi connectivity index (χ2v) is 8.65. The molecule has 9 heteroatoms. The van der Waals surface area contributed by atoms with Crippen LogP contribution in [0.15, 0.2) is 0 Å². The van der Waals surface area contributed by atoms with Gasteiger partial charge in [0.15, 0.2) is 0 Å². The Morgan fingerprint density at radius 1 is 1.17 bits per heavy atom. The number of hydrogen-bond acceptors (Lipinski definition) is 5. The standard InChI is InChI=1S/C20H30N4O5/c1-29-11-16(25)21-13-9-15-18(26)22-14-7-8-23(17(14)20(28)24(15)10-13)19(27)12-5-3-2-4-6-12/h12-15,17H,2-11H2,1H3,(H,21,25)(H,22,26). The van der Waals surface area contributed by atoms with Gasteiger partial charge in [-0.1, -0.05) is 19.3 Å². The molecule has 9 nitrogen and oxygen atoms in total. The Kier molecular flexibility index (Phi) is 5.76. The van der Waals surface area contributed by atoms with Crippen molar-refractivity contribution in [1.29, 1.82) is 0 Å². The maximum atomic E-state index is 13.4. The van der Waals surface area contributed by atoms with Crippen LogP contribution in [0.5, 0.6) is 0 Å². The molecule has 29 heavy (non-hydrogen) atoms. The molecule has 1 saturated carbocycles. The molecule has 3 saturated heterocycles. The first-order valence-corrected chi connectivity index (χ1v) is 10.7. The molecule has 0 bridgehead atoms. The Morgan fingerprint density at radius 2 is 1.93 bits per heavy atom. The number of hydrogen-bond donors (Lipinski definition) is 2. The minimum Gasteiger partial charge on any atom is -0.375 e. The Bertz CT molecular complexity index is 692. The highest BCUT2D eigenvalue weighted by molar-refractivity contribution is 5.97. The van der Waals surface area contributed by atoms with E-state index in [0.29, 0.717) is 19.4 Å². The van der Waals surface area contributed by atoms with Crippen LogP contribution in [0.2, 0.25) is 0 Å². The molecule has 4 fully saturated rings. The number of fused-ring (bicyclic) bond motifs is 2. The van der Waals surface area contributed by atoms with E-state index >= 15 is 0 Å². The molecule has 4 unspecified atom stereocenters. The van der Waals surface area contributed by atoms with Crippen molar-refractivity contribution in [2.45, 2.75) is 69.1 Å². The first-order chi connectivity index (χ1) is 14.0. The van der Waals surface area contributed by atoms with E-state index in [1.165, 1.54) is 7.11 Å². The van der Waals surface area contributed by atoms with Crippen LogP contribution in [0.25, 0.3) is 0 Å². The number of nitrogens with zero attached hydrogens (tertiary/aromatic N) is 2. The normalized spacial score (nSPS) is 32.4. The molecule has 0 aromatic rings. The average molecular weight is 406 g/mol. The quantitative estimate of drug-likeness (QED) is 0.648. The monoisotopic (exact) mass is 406 g/mol. The van der Waals surface area contributed by atoms with E-state index in [0.717, 1.165) is 32.1 Å². The van der Waals surface area contributed by atoms with Gasteiger partial charge in [0.1, 0.15) is 18.7 Å². The van der Waals surface area contributed by atoms with E-state index in [4.69, 9.17) is 4.74 Å². The first kappa shape index (κ1) is 20.1. The van der Waals surface area contributed by atoms with Crippen LogP contribution in [0.3, 0.4) is 0 Å². The second kappa shape index (κ2) is 8.30. The third-order valence-electron chi connectivity index (χ3n) is 6.74. The Hall–Kier alpha value is -2.16. The highest BCUT2D eigenvalue weighted by Crippen LogP contribution is 2.32. The van der Waals surface area contributed by atoms with Gasteiger partial charge in [0.2, 0.25) is 23.6 Å². The lowest BCUT2D eigenvalue weighted by atomic mass is 9.88. The number of methoxy groups -OCH3 is 1. The van der Waals surface area contributed by atoms with Crippen LogP contribution in [0.1, 0.15) is 44.9 Å². The molecule has 3 aliphatic heterocycles. The highest BCUT2D eigenvalue weighted by Gasteiger charge is 2.52. The zero-order valence-corrected chi connectivity index (χ0v) is 16.9. The third-order valence-corrected chi connectivity index (χ3v) is 6.74. The van der Waals surface area contributed by atoms with E-state index in [-0.39, 0.29) is 54.8 Å². The molecular formula is C20H30N4O5. The van der Waals surface area contributed by atoms with Crippen molar-refractivity contribution in [2.75, 3.05) is 26.8 Å². The molecule has 0 radical (unpaired) electrons. The molecule has 0 aromatic heterocycles. The van der Waals surface area contributed by atoms with Crippen LogP contribution in [-0.4, -0.2) is 84.4 Å². The lowest BCUT2D eigenvalue weighted by Gasteiger charge is -2.32. The minimum atomic E-state index is -0.633. The Morgan fingerprint density at radius 3 is 2.66 bits per heavy atom. The van der Waals surface area contributed by atoms with Crippen LogP contribution in [0.4, 0.5) is 0 Å². The zero-order chi connectivity index (χ0) is 20.5. The van der Waals surface area contributed by atoms with Gasteiger partial charge >= 0.3 is 0 Å². The molecular weight excluding hydrogens is 376 g/mol. The fourth-order valence-corrected chi connectivity index (χ4v) is 5.36. The SMILES string of the molecule is COCC(=O)NC1CC2C(=O)NC3CCN(C(=O)C4CCCCC4)C3C(=O)N2C1. The summed E-state index contributed by atoms with van der Waals surface area (Å²) in [5.74, 6) is -0.590. The highest BCUT2D eigenvalue weighted by atomic mass is 16.5. The smallest absolute Gasteiger partial charge is 0.248 e. The summed E-state index contributed by atoms with van der Waals surface area (Å²) in [4.78, 5) is 54.4. The zero-order valence-electron chi connectivity index (χ0n) is 16.9. The molecule has 0 spiro atoms. The second-order valence-electron chi connectivity index (χ2n) is 8.65. The summed E-state index contributed by atoms with van der Waals surface area (Å²) in [6.45, 7) is 0.722. The van der Waals surface area contributed by atoms with Gasteiger partial charge in [-0.05, 0) is 25.7 Å². The Balaban J connectivity index is 1.49. The van der Waals surface area contributed by atoms with Gasteiger partial charge in [0, 0.05) is 32.2 Å². The molecule has 160 valence electrons. The topological polar surface area (TPSA) is 108 Å². The van der Waals surface area contributed by atoms with Crippen molar-refractivity contribution in [3.8, 4) is 0 Å². The summed E-state index contributed by atoms with van der Waals surface area (Å²) in [5.41, 5.74) is 0. The molecule has 2 N–H and O–H groups in total. The van der Waals surface area contributed by atoms with Gasteiger partial charge in [-0.2, -0.15) is 0 Å². The molecule has 4 aliphatic rings. The average Bonchev–Trinajstić information content (AvgIpc) is 3.30. The summed E-state index contributed by atoms with van der Waals surface area (Å²) in [6, 6.07) is -1.85. The van der Waals surface area contributed by atoms with Crippen LogP contribution >= 0.6 is 0 Å². The van der Waals surface area contributed by atoms with Crippen LogP contribution < -0.4 is 10.6 Å². The number of carbonyl (C=O) groups is 4. The predicted octanol–water partition coefficient (Wildman–Crippen LogP) is -0.602. The van der Waals surface area contributed by atoms with Crippen LogP contribution in [-0.2, 0) is 23.9 Å². The van der Waals surface area contributed by atoms with E-state index in [2.05, 4.69) is 10.6 Å². The summed E-state index contributed by atoms with van der Waals surface area (Å²) < 4.78 is 4.83. The van der Waals surface area contributed by atoms with Crippen molar-refractivity contribution >= 4 is 23.6 Å². The van der Waals surface area contributed by atoms with E-state index in [9.17, 15) is 19.2 Å². The molecule has 0 aromatic carbocycles. The number of amides is 4. The summed E-state index contributed by atoms with van der Waals surface area (Å²) in [7, 11) is 1.44. The molecule has 4 amide bonds. The van der Waals surface area contributed by atoms with E-state index in [1.807, 2.05) is 0 Å². The summed E-state index contributed by atoms with van der Waals surface area (Å²) >= 11 is 0. The van der Waals surface area contributed by atoms with Gasteiger partial charge in [0.25, 0.3) is 0 Å². The predicted molar refractivity (Wildman–Crippen MR) is 103 cm³/mol. The van der Waals surface area contributed by atoms with Crippen molar-refractivity contribution in [3.05, 3.63) is 0 Å². The Labute approximate surface area is 170 Å². The lowest BCUT2D eigenvalue weighted by Crippen LogP contribution is -2.54. The van der Waals surface area contributed by atoms with E-state index in [1.54, 1.807) is 9.80 Å². The van der Waals surface area contributed by atoms with Gasteiger partial charge in [-0.3, -0.25) is 19.2 Å². The molecule has 4 rings (SSSR count). The maximum Gasteiger partial charge on any atom is 0.248 e. The third kappa shape index (κ3) is 3.84. The number of ether oxygens (including phenoxy) is 1. The number of rotatable bonds is 4. The summed E-state index contributed by atoms with van der Waals surface area (Å²) in [5, 5.41) is 5.82. The number of likely N-dealkylation sites (tertiary alicyclic amines) is 1. The molecule has 3 heterocycles. The minimum absolute atomic E-state index is 0.00953. The van der Waals surface area contributed by atoms with E-state index < -0.39 is 12.1 Å². The van der Waals surface area contributed by atoms with Crippen molar-refractivity contribution in [3.63, 3.8) is 0 Å². The first-order valence-electron chi connectivity index (χ1n) is 10.7. The fourth-order valence-electron chi connectivity index (χ4n) is 5.36. The van der Waals surface area contributed by atoms with Gasteiger partial charge in [0.05, 0.1) is 6.04 Å². The van der Waals surface area contributed by atoms with Crippen LogP contribution in [0, 0.1) is 5.92 Å². The number of carbonyl (C=O) groups excluding carboxylic acids is 4. The molecule has 1 aliphatic carbocycles. The van der Waals surface area contributed by atoms with Gasteiger partial charge in [-0.25, -0.2) is 0 Å². The van der Waals surface area contributed by atoms with Crippen molar-refractivity contribution in [1.82, 2.24) is 20.4 Å². The number of nitrogens with one attached hydrogen (secondary N) is 2. The van der Waals surface area contributed by atoms with Gasteiger partial charge in [-0.15, -0.1) is 0 Å². The lowest BCUT2D eigenvalue weighted by molar-refractivity contribution is -0.147. The maximum absolute atomic E-state index is 13.4. The largest absolute Gasteiger partial charge is 0.375 e. The molecule has 4 atom stereocenters. The van der Waals surface area contributed by atoms with Gasteiger partial charge < -0.3 is 25.2 Å².